The highest BCUT2D eigenvalue weighted by Crippen LogP contribution is 1.97. The van der Waals surface area contributed by atoms with E-state index in [0.29, 0.717) is 18.2 Å². The first-order valence-corrected chi connectivity index (χ1v) is 4.98. The molecule has 0 unspecified atom stereocenters. The summed E-state index contributed by atoms with van der Waals surface area (Å²) in [5, 5.41) is 0. The first kappa shape index (κ1) is 13.2. The molecule has 3 nitrogen and oxygen atoms in total. The van der Waals surface area contributed by atoms with Crippen molar-refractivity contribution in [2.24, 2.45) is 0 Å². The number of hydrogen-bond acceptors (Lipinski definition) is 3. The molecule has 0 radical (unpaired) electrons. The average Bonchev–Trinajstić information content (AvgIpc) is 2.11. The number of ether oxygens (including phenoxy) is 1. The molecule has 0 aliphatic rings. The van der Waals surface area contributed by atoms with E-state index in [1.807, 2.05) is 0 Å². The minimum atomic E-state index is -0.294. The molecule has 3 heteroatoms. The van der Waals surface area contributed by atoms with Gasteiger partial charge in [0.15, 0.2) is 0 Å². The zero-order valence-corrected chi connectivity index (χ0v) is 9.67. The molecule has 0 bridgehead atoms. The fourth-order valence-corrected chi connectivity index (χ4v) is 0.860. The average molecular weight is 199 g/mol. The summed E-state index contributed by atoms with van der Waals surface area (Å²) in [7, 11) is 2.06. The molecule has 0 aliphatic carbocycles. The molecule has 14 heavy (non-hydrogen) atoms. The lowest BCUT2D eigenvalue weighted by atomic mass is 10.3. The van der Waals surface area contributed by atoms with Crippen LogP contribution in [0, 0.1) is 0 Å². The van der Waals surface area contributed by atoms with Crippen LogP contribution in [0.1, 0.15) is 27.2 Å². The lowest BCUT2D eigenvalue weighted by Crippen LogP contribution is -2.28. The first-order chi connectivity index (χ1) is 6.45. The van der Waals surface area contributed by atoms with Gasteiger partial charge in [-0.25, -0.2) is 4.79 Å². The molecule has 0 saturated carbocycles. The summed E-state index contributed by atoms with van der Waals surface area (Å²) >= 11 is 0. The summed E-state index contributed by atoms with van der Waals surface area (Å²) in [5.74, 6) is -0.294. The zero-order chi connectivity index (χ0) is 11.1. The lowest BCUT2D eigenvalue weighted by molar-refractivity contribution is -0.139. The highest BCUT2D eigenvalue weighted by Gasteiger charge is 2.04. The third-order valence-corrected chi connectivity index (χ3v) is 2.12. The standard InChI is InChI=1S/C11H21NO2/c1-9(2)11(13)14-8-6-7-12(5)10(3)4/h10H,1,6-8H2,2-5H3. The quantitative estimate of drug-likeness (QED) is 0.371. The Balaban J connectivity index is 3.47. The van der Waals surface area contributed by atoms with Crippen LogP contribution in [0.25, 0.3) is 0 Å². The van der Waals surface area contributed by atoms with Crippen molar-refractivity contribution in [1.82, 2.24) is 4.90 Å². The second-order valence-electron chi connectivity index (χ2n) is 3.84. The van der Waals surface area contributed by atoms with E-state index >= 15 is 0 Å². The maximum absolute atomic E-state index is 11.0. The second kappa shape index (κ2) is 6.60. The van der Waals surface area contributed by atoms with Gasteiger partial charge in [0.05, 0.1) is 6.61 Å². The topological polar surface area (TPSA) is 29.5 Å². The Labute approximate surface area is 86.7 Å². The van der Waals surface area contributed by atoms with Crippen LogP contribution >= 0.6 is 0 Å². The Morgan fingerprint density at radius 3 is 2.50 bits per heavy atom. The van der Waals surface area contributed by atoms with Gasteiger partial charge in [-0.2, -0.15) is 0 Å². The summed E-state index contributed by atoms with van der Waals surface area (Å²) < 4.78 is 4.97. The predicted octanol–water partition coefficient (Wildman–Crippen LogP) is 1.84. The van der Waals surface area contributed by atoms with E-state index in [9.17, 15) is 4.79 Å². The fourth-order valence-electron chi connectivity index (χ4n) is 0.860. The molecule has 0 heterocycles. The van der Waals surface area contributed by atoms with Crippen LogP contribution in [0.15, 0.2) is 12.2 Å². The third kappa shape index (κ3) is 5.75. The van der Waals surface area contributed by atoms with E-state index in [-0.39, 0.29) is 5.97 Å². The molecular formula is C11H21NO2. The minimum absolute atomic E-state index is 0.294. The van der Waals surface area contributed by atoms with Gasteiger partial charge in [0, 0.05) is 18.2 Å². The SMILES string of the molecule is C=C(C)C(=O)OCCCN(C)C(C)C. The molecule has 0 N–H and O–H groups in total. The Morgan fingerprint density at radius 1 is 1.50 bits per heavy atom. The van der Waals surface area contributed by atoms with Crippen LogP contribution in [-0.2, 0) is 9.53 Å². The molecule has 82 valence electrons. The number of esters is 1. The summed E-state index contributed by atoms with van der Waals surface area (Å²) in [4.78, 5) is 13.2. The van der Waals surface area contributed by atoms with Crippen molar-refractivity contribution in [2.45, 2.75) is 33.2 Å². The van der Waals surface area contributed by atoms with Crippen LogP contribution < -0.4 is 0 Å². The Morgan fingerprint density at radius 2 is 2.07 bits per heavy atom. The highest BCUT2D eigenvalue weighted by atomic mass is 16.5. The second-order valence-corrected chi connectivity index (χ2v) is 3.84. The minimum Gasteiger partial charge on any atom is -0.462 e. The summed E-state index contributed by atoms with van der Waals surface area (Å²) in [6.07, 6.45) is 0.869. The van der Waals surface area contributed by atoms with Crippen molar-refractivity contribution in [1.29, 1.82) is 0 Å². The maximum atomic E-state index is 11.0. The Kier molecular flexibility index (Phi) is 6.21. The molecule has 0 saturated heterocycles. The number of carbonyl (C=O) groups excluding carboxylic acids is 1. The maximum Gasteiger partial charge on any atom is 0.333 e. The van der Waals surface area contributed by atoms with E-state index in [1.54, 1.807) is 6.92 Å². The fraction of sp³-hybridized carbons (Fsp3) is 0.727. The number of hydrogen-bond donors (Lipinski definition) is 0. The van der Waals surface area contributed by atoms with Crippen LogP contribution in [-0.4, -0.2) is 37.1 Å². The van der Waals surface area contributed by atoms with Gasteiger partial charge in [-0.1, -0.05) is 6.58 Å². The smallest absolute Gasteiger partial charge is 0.333 e. The Hall–Kier alpha value is -0.830. The van der Waals surface area contributed by atoms with Crippen molar-refractivity contribution in [3.05, 3.63) is 12.2 Å². The van der Waals surface area contributed by atoms with Gasteiger partial charge >= 0.3 is 5.97 Å². The zero-order valence-electron chi connectivity index (χ0n) is 9.67. The van der Waals surface area contributed by atoms with Crippen LogP contribution in [0.4, 0.5) is 0 Å². The highest BCUT2D eigenvalue weighted by molar-refractivity contribution is 5.86. The van der Waals surface area contributed by atoms with E-state index in [4.69, 9.17) is 4.74 Å². The van der Waals surface area contributed by atoms with Gasteiger partial charge in [-0.05, 0) is 34.2 Å². The molecule has 0 rings (SSSR count). The predicted molar refractivity (Wildman–Crippen MR) is 58.2 cm³/mol. The molecule has 0 fully saturated rings. The van der Waals surface area contributed by atoms with E-state index in [2.05, 4.69) is 32.4 Å². The van der Waals surface area contributed by atoms with Gasteiger partial charge in [-0.15, -0.1) is 0 Å². The molecule has 0 aromatic heterocycles. The van der Waals surface area contributed by atoms with Crippen molar-refractivity contribution in [3.63, 3.8) is 0 Å². The molecule has 0 aromatic carbocycles. The van der Waals surface area contributed by atoms with Crippen LogP contribution in [0.3, 0.4) is 0 Å². The number of carbonyl (C=O) groups is 1. The van der Waals surface area contributed by atoms with Crippen LogP contribution in [0.2, 0.25) is 0 Å². The first-order valence-electron chi connectivity index (χ1n) is 4.98. The third-order valence-electron chi connectivity index (χ3n) is 2.12. The van der Waals surface area contributed by atoms with Gasteiger partial charge in [0.2, 0.25) is 0 Å². The largest absolute Gasteiger partial charge is 0.462 e. The molecule has 0 aromatic rings. The van der Waals surface area contributed by atoms with E-state index in [1.165, 1.54) is 0 Å². The van der Waals surface area contributed by atoms with E-state index < -0.39 is 0 Å². The molecule has 0 aliphatic heterocycles. The lowest BCUT2D eigenvalue weighted by Gasteiger charge is -2.20. The molecule has 0 spiro atoms. The normalized spacial score (nSPS) is 10.7. The molecular weight excluding hydrogens is 178 g/mol. The molecule has 0 amide bonds. The van der Waals surface area contributed by atoms with Gasteiger partial charge in [0.25, 0.3) is 0 Å². The number of nitrogens with zero attached hydrogens (tertiary/aromatic N) is 1. The van der Waals surface area contributed by atoms with Crippen LogP contribution in [0.5, 0.6) is 0 Å². The Bertz CT molecular complexity index is 199. The summed E-state index contributed by atoms with van der Waals surface area (Å²) in [6.45, 7) is 10.9. The summed E-state index contributed by atoms with van der Waals surface area (Å²) in [6, 6.07) is 0.534. The van der Waals surface area contributed by atoms with Crippen molar-refractivity contribution in [2.75, 3.05) is 20.2 Å². The van der Waals surface area contributed by atoms with Gasteiger partial charge in [-0.3, -0.25) is 0 Å². The number of rotatable bonds is 6. The molecule has 0 atom stereocenters. The monoisotopic (exact) mass is 199 g/mol. The van der Waals surface area contributed by atoms with Crippen molar-refractivity contribution in [3.8, 4) is 0 Å². The van der Waals surface area contributed by atoms with Crippen molar-refractivity contribution >= 4 is 5.97 Å². The van der Waals surface area contributed by atoms with Gasteiger partial charge in [0.1, 0.15) is 0 Å². The van der Waals surface area contributed by atoms with Crippen molar-refractivity contribution < 1.29 is 9.53 Å². The van der Waals surface area contributed by atoms with Gasteiger partial charge < -0.3 is 9.64 Å². The summed E-state index contributed by atoms with van der Waals surface area (Å²) in [5.41, 5.74) is 0.460. The van der Waals surface area contributed by atoms with E-state index in [0.717, 1.165) is 13.0 Å².